The Morgan fingerprint density at radius 3 is 2.90 bits per heavy atom. The minimum absolute atomic E-state index is 0.0170. The molecule has 20 heavy (non-hydrogen) atoms. The van der Waals surface area contributed by atoms with E-state index in [2.05, 4.69) is 4.98 Å². The summed E-state index contributed by atoms with van der Waals surface area (Å²) in [5, 5.41) is 0.403. The van der Waals surface area contributed by atoms with Crippen LogP contribution in [0.4, 0.5) is 0 Å². The fourth-order valence-electron chi connectivity index (χ4n) is 1.77. The van der Waals surface area contributed by atoms with Gasteiger partial charge in [-0.05, 0) is 24.1 Å². The smallest absolute Gasteiger partial charge is 0.313 e. The average Bonchev–Trinajstić information content (AvgIpc) is 2.45. The highest BCUT2D eigenvalue weighted by Gasteiger charge is 2.10. The van der Waals surface area contributed by atoms with Gasteiger partial charge in [0.2, 0.25) is 0 Å². The number of hydrogen-bond donors (Lipinski definition) is 1. The van der Waals surface area contributed by atoms with Crippen LogP contribution in [0.2, 0.25) is 5.02 Å². The Kier molecular flexibility index (Phi) is 4.76. The van der Waals surface area contributed by atoms with Gasteiger partial charge in [0.25, 0.3) is 5.88 Å². The Morgan fingerprint density at radius 1 is 1.45 bits per heavy atom. The first-order chi connectivity index (χ1) is 9.65. The highest BCUT2D eigenvalue weighted by Crippen LogP contribution is 2.28. The SMILES string of the molecule is CCCn1ccnc(Oc2ccc(CN)cc2Cl)c1=O. The standard InChI is InChI=1S/C14H16ClN3O2/c1-2-6-18-7-5-17-13(14(18)19)20-12-4-3-10(9-16)8-11(12)15/h3-5,7-8H,2,6,9,16H2,1H3. The maximum atomic E-state index is 12.1. The molecule has 1 aromatic carbocycles. The number of aryl methyl sites for hydroxylation is 1. The van der Waals surface area contributed by atoms with Crippen molar-refractivity contribution in [3.8, 4) is 11.6 Å². The Balaban J connectivity index is 2.30. The van der Waals surface area contributed by atoms with Crippen LogP contribution in [0, 0.1) is 0 Å². The molecule has 0 radical (unpaired) electrons. The van der Waals surface area contributed by atoms with E-state index in [1.165, 1.54) is 6.20 Å². The van der Waals surface area contributed by atoms with Crippen LogP contribution < -0.4 is 16.0 Å². The number of nitrogens with two attached hydrogens (primary N) is 1. The molecule has 2 N–H and O–H groups in total. The number of nitrogens with zero attached hydrogens (tertiary/aromatic N) is 2. The molecule has 0 fully saturated rings. The number of rotatable bonds is 5. The van der Waals surface area contributed by atoms with Crippen molar-refractivity contribution in [3.63, 3.8) is 0 Å². The van der Waals surface area contributed by atoms with Gasteiger partial charge in [-0.1, -0.05) is 24.6 Å². The van der Waals surface area contributed by atoms with Crippen molar-refractivity contribution in [2.24, 2.45) is 5.73 Å². The monoisotopic (exact) mass is 293 g/mol. The lowest BCUT2D eigenvalue weighted by atomic mass is 10.2. The van der Waals surface area contributed by atoms with Gasteiger partial charge in [-0.25, -0.2) is 4.98 Å². The maximum Gasteiger partial charge on any atom is 0.313 e. The van der Waals surface area contributed by atoms with Crippen LogP contribution in [0.5, 0.6) is 11.6 Å². The zero-order valence-corrected chi connectivity index (χ0v) is 11.9. The van der Waals surface area contributed by atoms with Crippen LogP contribution in [0.15, 0.2) is 35.4 Å². The fourth-order valence-corrected chi connectivity index (χ4v) is 2.01. The summed E-state index contributed by atoms with van der Waals surface area (Å²) < 4.78 is 7.07. The summed E-state index contributed by atoms with van der Waals surface area (Å²) in [6.45, 7) is 3.01. The second-order valence-corrected chi connectivity index (χ2v) is 4.71. The molecular weight excluding hydrogens is 278 g/mol. The maximum absolute atomic E-state index is 12.1. The Bertz CT molecular complexity index is 655. The molecule has 0 spiro atoms. The molecule has 0 atom stereocenters. The molecule has 6 heteroatoms. The minimum Gasteiger partial charge on any atom is -0.433 e. The summed E-state index contributed by atoms with van der Waals surface area (Å²) in [5.74, 6) is 0.408. The van der Waals surface area contributed by atoms with Gasteiger partial charge in [0.05, 0.1) is 5.02 Å². The first-order valence-electron chi connectivity index (χ1n) is 6.37. The molecule has 0 aliphatic heterocycles. The predicted octanol–water partition coefficient (Wildman–Crippen LogP) is 2.56. The molecule has 0 aliphatic rings. The molecule has 0 aliphatic carbocycles. The summed E-state index contributed by atoms with van der Waals surface area (Å²) >= 11 is 6.09. The third-order valence-electron chi connectivity index (χ3n) is 2.79. The fraction of sp³-hybridized carbons (Fsp3) is 0.286. The third kappa shape index (κ3) is 3.18. The Labute approximate surface area is 122 Å². The summed E-state index contributed by atoms with van der Waals surface area (Å²) in [6.07, 6.45) is 4.03. The van der Waals surface area contributed by atoms with Gasteiger partial charge in [0, 0.05) is 25.5 Å². The van der Waals surface area contributed by atoms with Gasteiger partial charge in [-0.15, -0.1) is 0 Å². The highest BCUT2D eigenvalue weighted by molar-refractivity contribution is 6.32. The molecule has 0 saturated heterocycles. The summed E-state index contributed by atoms with van der Waals surface area (Å²) in [4.78, 5) is 16.1. The van der Waals surface area contributed by atoms with Crippen molar-refractivity contribution in [1.29, 1.82) is 0 Å². The van der Waals surface area contributed by atoms with Crippen LogP contribution in [0.25, 0.3) is 0 Å². The number of benzene rings is 1. The summed E-state index contributed by atoms with van der Waals surface area (Å²) in [6, 6.07) is 5.20. The first-order valence-corrected chi connectivity index (χ1v) is 6.75. The van der Waals surface area contributed by atoms with E-state index in [0.29, 0.717) is 23.9 Å². The predicted molar refractivity (Wildman–Crippen MR) is 78.2 cm³/mol. The Morgan fingerprint density at radius 2 is 2.25 bits per heavy atom. The molecule has 0 amide bonds. The third-order valence-corrected chi connectivity index (χ3v) is 3.08. The van der Waals surface area contributed by atoms with Crippen LogP contribution in [-0.2, 0) is 13.1 Å². The number of hydrogen-bond acceptors (Lipinski definition) is 4. The van der Waals surface area contributed by atoms with Crippen LogP contribution in [0.1, 0.15) is 18.9 Å². The van der Waals surface area contributed by atoms with Crippen molar-refractivity contribution >= 4 is 11.6 Å². The summed E-state index contributed by atoms with van der Waals surface area (Å²) in [7, 11) is 0. The van der Waals surface area contributed by atoms with Crippen LogP contribution >= 0.6 is 11.6 Å². The van der Waals surface area contributed by atoms with E-state index >= 15 is 0 Å². The molecule has 0 saturated carbocycles. The molecule has 5 nitrogen and oxygen atoms in total. The lowest BCUT2D eigenvalue weighted by Gasteiger charge is -2.09. The van der Waals surface area contributed by atoms with Gasteiger partial charge in [-0.2, -0.15) is 0 Å². The van der Waals surface area contributed by atoms with E-state index in [1.807, 2.05) is 6.92 Å². The highest BCUT2D eigenvalue weighted by atomic mass is 35.5. The normalized spacial score (nSPS) is 10.6. The van der Waals surface area contributed by atoms with Crippen LogP contribution in [0.3, 0.4) is 0 Å². The van der Waals surface area contributed by atoms with Crippen molar-refractivity contribution in [2.75, 3.05) is 0 Å². The number of aromatic nitrogens is 2. The zero-order valence-electron chi connectivity index (χ0n) is 11.2. The van der Waals surface area contributed by atoms with Gasteiger partial charge in [0.1, 0.15) is 5.75 Å². The largest absolute Gasteiger partial charge is 0.433 e. The molecule has 1 aromatic heterocycles. The van der Waals surface area contributed by atoms with Crippen molar-refractivity contribution < 1.29 is 4.74 Å². The lowest BCUT2D eigenvalue weighted by Crippen LogP contribution is -2.21. The topological polar surface area (TPSA) is 70.1 Å². The Hall–Kier alpha value is -1.85. The number of halogens is 1. The van der Waals surface area contributed by atoms with Gasteiger partial charge in [0.15, 0.2) is 0 Å². The van der Waals surface area contributed by atoms with E-state index < -0.39 is 0 Å². The van der Waals surface area contributed by atoms with E-state index in [4.69, 9.17) is 22.1 Å². The molecular formula is C14H16ClN3O2. The van der Waals surface area contributed by atoms with Gasteiger partial charge < -0.3 is 15.0 Å². The molecule has 1 heterocycles. The molecule has 0 unspecified atom stereocenters. The van der Waals surface area contributed by atoms with Crippen molar-refractivity contribution in [3.05, 3.63) is 51.5 Å². The zero-order chi connectivity index (χ0) is 14.5. The van der Waals surface area contributed by atoms with E-state index in [0.717, 1.165) is 12.0 Å². The number of ether oxygens (including phenoxy) is 1. The quantitative estimate of drug-likeness (QED) is 0.920. The molecule has 106 valence electrons. The molecule has 0 bridgehead atoms. The van der Waals surface area contributed by atoms with E-state index in [9.17, 15) is 4.79 Å². The molecule has 2 aromatic rings. The van der Waals surface area contributed by atoms with Gasteiger partial charge >= 0.3 is 5.56 Å². The average molecular weight is 294 g/mol. The first kappa shape index (κ1) is 14.6. The summed E-state index contributed by atoms with van der Waals surface area (Å²) in [5.41, 5.74) is 6.16. The lowest BCUT2D eigenvalue weighted by molar-refractivity contribution is 0.443. The van der Waals surface area contributed by atoms with E-state index in [-0.39, 0.29) is 11.4 Å². The van der Waals surface area contributed by atoms with Crippen molar-refractivity contribution in [2.45, 2.75) is 26.4 Å². The van der Waals surface area contributed by atoms with Gasteiger partial charge in [-0.3, -0.25) is 4.79 Å². The van der Waals surface area contributed by atoms with Crippen LogP contribution in [-0.4, -0.2) is 9.55 Å². The second-order valence-electron chi connectivity index (χ2n) is 4.30. The molecule has 2 rings (SSSR count). The minimum atomic E-state index is -0.270. The second kappa shape index (κ2) is 6.54. The van der Waals surface area contributed by atoms with Crippen molar-refractivity contribution in [1.82, 2.24) is 9.55 Å². The van der Waals surface area contributed by atoms with E-state index in [1.54, 1.807) is 29.0 Å².